The Balaban J connectivity index is 0.00000169. The Hall–Kier alpha value is 0.220. The third-order valence-electron chi connectivity index (χ3n) is 2.10. The van der Waals surface area contributed by atoms with Crippen molar-refractivity contribution in [1.82, 2.24) is 10.6 Å². The maximum Gasteiger partial charge on any atom is 0.191 e. The molecule has 0 saturated heterocycles. The van der Waals surface area contributed by atoms with Gasteiger partial charge in [0.1, 0.15) is 0 Å². The molecule has 5 heteroatoms. The van der Waals surface area contributed by atoms with Crippen LogP contribution in [0, 0.1) is 5.92 Å². The zero-order valence-corrected chi connectivity index (χ0v) is 12.4. The van der Waals surface area contributed by atoms with Gasteiger partial charge < -0.3 is 10.6 Å². The van der Waals surface area contributed by atoms with Crippen LogP contribution < -0.4 is 10.6 Å². The summed E-state index contributed by atoms with van der Waals surface area (Å²) in [4.78, 5) is 4.11. The van der Waals surface area contributed by atoms with Gasteiger partial charge in [0.2, 0.25) is 0 Å². The summed E-state index contributed by atoms with van der Waals surface area (Å²) in [7, 11) is 1.78. The van der Waals surface area contributed by atoms with Gasteiger partial charge in [-0.25, -0.2) is 0 Å². The Kier molecular flexibility index (Phi) is 6.76. The molecule has 0 radical (unpaired) electrons. The number of hydrogen-bond donors (Lipinski definition) is 2. The number of rotatable bonds is 3. The highest BCUT2D eigenvalue weighted by molar-refractivity contribution is 14.0. The van der Waals surface area contributed by atoms with Gasteiger partial charge in [-0.05, 0) is 12.3 Å². The van der Waals surface area contributed by atoms with Gasteiger partial charge in [-0.3, -0.25) is 4.99 Å². The minimum Gasteiger partial charge on any atom is -0.353 e. The molecule has 1 saturated carbocycles. The molecule has 14 heavy (non-hydrogen) atoms. The fraction of sp³-hybridized carbons (Fsp3) is 0.667. The van der Waals surface area contributed by atoms with Gasteiger partial charge in [0.05, 0.1) is 0 Å². The van der Waals surface area contributed by atoms with Crippen LogP contribution in [-0.4, -0.2) is 25.6 Å². The van der Waals surface area contributed by atoms with Crippen LogP contribution in [0.2, 0.25) is 0 Å². The van der Waals surface area contributed by atoms with E-state index in [2.05, 4.69) is 45.1 Å². The van der Waals surface area contributed by atoms with Crippen molar-refractivity contribution < 1.29 is 0 Å². The lowest BCUT2D eigenvalue weighted by Crippen LogP contribution is -2.39. The van der Waals surface area contributed by atoms with E-state index >= 15 is 0 Å². The highest BCUT2D eigenvalue weighted by Gasteiger charge is 2.33. The Labute approximate surface area is 111 Å². The average molecular weight is 374 g/mol. The first-order valence-corrected chi connectivity index (χ1v) is 5.23. The van der Waals surface area contributed by atoms with Gasteiger partial charge in [0.25, 0.3) is 0 Å². The van der Waals surface area contributed by atoms with Crippen molar-refractivity contribution in [2.45, 2.75) is 19.4 Å². The van der Waals surface area contributed by atoms with Crippen molar-refractivity contribution >= 4 is 45.9 Å². The van der Waals surface area contributed by atoms with Crippen LogP contribution in [0.1, 0.15) is 13.3 Å². The standard InChI is InChI=1S/C9H16BrN3.HI/c1-6-4-8(6)13-9(11-3)12-5-7(2)10;/h6,8H,2,4-5H2,1,3H3,(H2,11,12,13);1H. The molecular formula is C9H17BrIN3. The molecule has 2 unspecified atom stereocenters. The number of halogens is 2. The van der Waals surface area contributed by atoms with Crippen LogP contribution in [0.5, 0.6) is 0 Å². The number of nitrogens with one attached hydrogen (secondary N) is 2. The smallest absolute Gasteiger partial charge is 0.191 e. The minimum atomic E-state index is 0. The summed E-state index contributed by atoms with van der Waals surface area (Å²) in [6.07, 6.45) is 1.25. The van der Waals surface area contributed by atoms with E-state index in [9.17, 15) is 0 Å². The van der Waals surface area contributed by atoms with Gasteiger partial charge >= 0.3 is 0 Å². The van der Waals surface area contributed by atoms with E-state index in [1.807, 2.05) is 0 Å². The first-order chi connectivity index (χ1) is 6.13. The van der Waals surface area contributed by atoms with E-state index in [4.69, 9.17) is 0 Å². The van der Waals surface area contributed by atoms with Gasteiger partial charge in [0.15, 0.2) is 5.96 Å². The highest BCUT2D eigenvalue weighted by Crippen LogP contribution is 2.28. The van der Waals surface area contributed by atoms with E-state index in [1.165, 1.54) is 6.42 Å². The lowest BCUT2D eigenvalue weighted by Gasteiger charge is -2.10. The molecule has 0 heterocycles. The third-order valence-corrected chi connectivity index (χ3v) is 2.38. The number of nitrogens with zero attached hydrogens (tertiary/aromatic N) is 1. The second kappa shape index (κ2) is 6.66. The Bertz CT molecular complexity index is 230. The quantitative estimate of drug-likeness (QED) is 0.451. The maximum absolute atomic E-state index is 4.11. The summed E-state index contributed by atoms with van der Waals surface area (Å²) in [6.45, 7) is 6.68. The summed E-state index contributed by atoms with van der Waals surface area (Å²) in [5.74, 6) is 1.64. The van der Waals surface area contributed by atoms with Crippen molar-refractivity contribution in [3.63, 3.8) is 0 Å². The average Bonchev–Trinajstić information content (AvgIpc) is 2.75. The molecule has 0 aromatic heterocycles. The molecule has 2 N–H and O–H groups in total. The Morgan fingerprint density at radius 1 is 1.64 bits per heavy atom. The van der Waals surface area contributed by atoms with Crippen molar-refractivity contribution in [2.24, 2.45) is 10.9 Å². The molecule has 1 fully saturated rings. The Morgan fingerprint density at radius 2 is 2.21 bits per heavy atom. The van der Waals surface area contributed by atoms with Crippen molar-refractivity contribution in [2.75, 3.05) is 13.6 Å². The second-order valence-electron chi connectivity index (χ2n) is 3.41. The summed E-state index contributed by atoms with van der Waals surface area (Å²) < 4.78 is 0.930. The lowest BCUT2D eigenvalue weighted by molar-refractivity contribution is 0.781. The maximum atomic E-state index is 4.11. The largest absolute Gasteiger partial charge is 0.353 e. The predicted molar refractivity (Wildman–Crippen MR) is 75.5 cm³/mol. The summed E-state index contributed by atoms with van der Waals surface area (Å²) >= 11 is 3.29. The van der Waals surface area contributed by atoms with E-state index < -0.39 is 0 Å². The zero-order valence-electron chi connectivity index (χ0n) is 8.51. The SMILES string of the molecule is C=C(Br)CNC(=NC)NC1CC1C.I. The van der Waals surface area contributed by atoms with Crippen molar-refractivity contribution in [1.29, 1.82) is 0 Å². The summed E-state index contributed by atoms with van der Waals surface area (Å²) in [5.41, 5.74) is 0. The van der Waals surface area contributed by atoms with Crippen LogP contribution >= 0.6 is 39.9 Å². The molecule has 3 nitrogen and oxygen atoms in total. The topological polar surface area (TPSA) is 36.4 Å². The van der Waals surface area contributed by atoms with Crippen LogP contribution in [0.15, 0.2) is 16.1 Å². The van der Waals surface area contributed by atoms with E-state index in [0.29, 0.717) is 12.6 Å². The van der Waals surface area contributed by atoms with E-state index in [-0.39, 0.29) is 24.0 Å². The third kappa shape index (κ3) is 5.19. The predicted octanol–water partition coefficient (Wildman–Crippen LogP) is 2.09. The summed E-state index contributed by atoms with van der Waals surface area (Å²) in [6, 6.07) is 0.606. The van der Waals surface area contributed by atoms with Gasteiger partial charge in [-0.1, -0.05) is 29.4 Å². The van der Waals surface area contributed by atoms with Crippen molar-refractivity contribution in [3.8, 4) is 0 Å². The molecule has 82 valence electrons. The summed E-state index contributed by atoms with van der Waals surface area (Å²) in [5, 5.41) is 6.48. The highest BCUT2D eigenvalue weighted by atomic mass is 127. The number of guanidine groups is 1. The molecular weight excluding hydrogens is 357 g/mol. The zero-order chi connectivity index (χ0) is 9.84. The Morgan fingerprint density at radius 3 is 2.57 bits per heavy atom. The molecule has 0 aromatic carbocycles. The van der Waals surface area contributed by atoms with Crippen molar-refractivity contribution in [3.05, 3.63) is 11.1 Å². The second-order valence-corrected chi connectivity index (χ2v) is 4.53. The minimum absolute atomic E-state index is 0. The fourth-order valence-electron chi connectivity index (χ4n) is 1.07. The number of aliphatic imine (C=N–C) groups is 1. The lowest BCUT2D eigenvalue weighted by atomic mass is 10.5. The van der Waals surface area contributed by atoms with E-state index in [1.54, 1.807) is 7.05 Å². The van der Waals surface area contributed by atoms with Gasteiger partial charge in [-0.2, -0.15) is 0 Å². The monoisotopic (exact) mass is 373 g/mol. The molecule has 1 rings (SSSR count). The van der Waals surface area contributed by atoms with Crippen LogP contribution in [0.3, 0.4) is 0 Å². The van der Waals surface area contributed by atoms with Gasteiger partial charge in [0, 0.05) is 24.1 Å². The molecule has 2 atom stereocenters. The molecule has 0 aliphatic heterocycles. The molecule has 0 bridgehead atoms. The normalized spacial score (nSPS) is 24.9. The van der Waals surface area contributed by atoms with Crippen LogP contribution in [0.25, 0.3) is 0 Å². The molecule has 1 aliphatic carbocycles. The van der Waals surface area contributed by atoms with Gasteiger partial charge in [-0.15, -0.1) is 24.0 Å². The molecule has 1 aliphatic rings. The molecule has 0 amide bonds. The van der Waals surface area contributed by atoms with Crippen LogP contribution in [0.4, 0.5) is 0 Å². The number of hydrogen-bond acceptors (Lipinski definition) is 1. The van der Waals surface area contributed by atoms with E-state index in [0.717, 1.165) is 16.4 Å². The van der Waals surface area contributed by atoms with Crippen LogP contribution in [-0.2, 0) is 0 Å². The molecule has 0 spiro atoms. The molecule has 0 aromatic rings. The first-order valence-electron chi connectivity index (χ1n) is 4.44. The first kappa shape index (κ1) is 14.2. The fourth-order valence-corrected chi connectivity index (χ4v) is 1.21.